The molecular formula is C14H28N2O2. The van der Waals surface area contributed by atoms with Gasteiger partial charge in [-0.05, 0) is 52.9 Å². The van der Waals surface area contributed by atoms with Crippen molar-refractivity contribution in [2.24, 2.45) is 11.8 Å². The number of methoxy groups -OCH3 is 1. The van der Waals surface area contributed by atoms with Crippen molar-refractivity contribution >= 4 is 5.97 Å². The number of carbonyl (C=O) groups excluding carboxylic acids is 1. The van der Waals surface area contributed by atoms with Crippen LogP contribution in [0.1, 0.15) is 26.7 Å². The van der Waals surface area contributed by atoms with E-state index in [1.54, 1.807) is 0 Å². The van der Waals surface area contributed by atoms with Gasteiger partial charge in [-0.3, -0.25) is 4.79 Å². The summed E-state index contributed by atoms with van der Waals surface area (Å²) in [5, 5.41) is 0. The van der Waals surface area contributed by atoms with Gasteiger partial charge in [0, 0.05) is 12.6 Å². The number of likely N-dealkylation sites (tertiary alicyclic amines) is 1. The molecular weight excluding hydrogens is 228 g/mol. The number of piperidine rings is 1. The second-order valence-electron chi connectivity index (χ2n) is 5.74. The summed E-state index contributed by atoms with van der Waals surface area (Å²) in [6, 6.07) is 0.233. The number of carbonyl (C=O) groups is 1. The third-order valence-electron chi connectivity index (χ3n) is 4.38. The largest absolute Gasteiger partial charge is 0.469 e. The van der Waals surface area contributed by atoms with Gasteiger partial charge >= 0.3 is 5.97 Å². The van der Waals surface area contributed by atoms with Gasteiger partial charge in [-0.1, -0.05) is 6.92 Å². The van der Waals surface area contributed by atoms with E-state index in [0.29, 0.717) is 0 Å². The van der Waals surface area contributed by atoms with Gasteiger partial charge in [0.05, 0.1) is 13.0 Å². The second kappa shape index (κ2) is 7.10. The van der Waals surface area contributed by atoms with Gasteiger partial charge in [0.1, 0.15) is 0 Å². The van der Waals surface area contributed by atoms with Gasteiger partial charge in [-0.2, -0.15) is 0 Å². The molecule has 1 aliphatic rings. The summed E-state index contributed by atoms with van der Waals surface area (Å²) in [5.74, 6) is 0.586. The summed E-state index contributed by atoms with van der Waals surface area (Å²) in [6.45, 7) is 7.52. The summed E-state index contributed by atoms with van der Waals surface area (Å²) in [4.78, 5) is 16.2. The highest BCUT2D eigenvalue weighted by atomic mass is 16.5. The summed E-state index contributed by atoms with van der Waals surface area (Å²) in [6.07, 6.45) is 2.53. The van der Waals surface area contributed by atoms with Gasteiger partial charge < -0.3 is 14.5 Å². The Balaban J connectivity index is 2.39. The fourth-order valence-corrected chi connectivity index (χ4v) is 2.58. The first kappa shape index (κ1) is 15.4. The molecule has 0 spiro atoms. The van der Waals surface area contributed by atoms with Crippen LogP contribution >= 0.6 is 0 Å². The Hall–Kier alpha value is -0.610. The predicted octanol–water partition coefficient (Wildman–Crippen LogP) is 1.46. The molecule has 0 bridgehead atoms. The highest BCUT2D eigenvalue weighted by Crippen LogP contribution is 2.19. The van der Waals surface area contributed by atoms with Crippen molar-refractivity contribution in [2.45, 2.75) is 32.7 Å². The van der Waals surface area contributed by atoms with Crippen LogP contribution in [0.25, 0.3) is 0 Å². The van der Waals surface area contributed by atoms with Gasteiger partial charge in [0.15, 0.2) is 0 Å². The maximum absolute atomic E-state index is 11.5. The molecule has 0 N–H and O–H groups in total. The molecule has 0 aromatic carbocycles. The number of nitrogens with zero attached hydrogens (tertiary/aromatic N) is 2. The zero-order valence-corrected chi connectivity index (χ0v) is 12.5. The topological polar surface area (TPSA) is 32.8 Å². The molecule has 18 heavy (non-hydrogen) atoms. The third-order valence-corrected chi connectivity index (χ3v) is 4.38. The normalized spacial score (nSPS) is 21.9. The van der Waals surface area contributed by atoms with Crippen molar-refractivity contribution in [3.05, 3.63) is 0 Å². The van der Waals surface area contributed by atoms with Gasteiger partial charge in [-0.15, -0.1) is 0 Å². The standard InChI is InChI=1S/C14H28N2O2/c1-11(14(17)18-5)12(2)16(4)10-13-6-8-15(3)9-7-13/h11-13H,6-10H2,1-5H3. The fourth-order valence-electron chi connectivity index (χ4n) is 2.58. The van der Waals surface area contributed by atoms with Crippen LogP contribution < -0.4 is 0 Å². The molecule has 0 saturated carbocycles. The molecule has 2 atom stereocenters. The van der Waals surface area contributed by atoms with Crippen LogP contribution in [0.2, 0.25) is 0 Å². The molecule has 4 heteroatoms. The lowest BCUT2D eigenvalue weighted by molar-refractivity contribution is -0.146. The highest BCUT2D eigenvalue weighted by Gasteiger charge is 2.26. The first-order valence-electron chi connectivity index (χ1n) is 6.92. The molecule has 106 valence electrons. The predicted molar refractivity (Wildman–Crippen MR) is 73.5 cm³/mol. The smallest absolute Gasteiger partial charge is 0.309 e. The first-order chi connectivity index (χ1) is 8.45. The zero-order chi connectivity index (χ0) is 13.7. The summed E-state index contributed by atoms with van der Waals surface area (Å²) in [5.41, 5.74) is 0. The van der Waals surface area contributed by atoms with Crippen LogP contribution in [0.3, 0.4) is 0 Å². The van der Waals surface area contributed by atoms with Crippen molar-refractivity contribution in [3.63, 3.8) is 0 Å². The average Bonchev–Trinajstić information content (AvgIpc) is 2.38. The minimum atomic E-state index is -0.113. The molecule has 2 unspecified atom stereocenters. The van der Waals surface area contributed by atoms with E-state index in [1.165, 1.54) is 33.0 Å². The van der Waals surface area contributed by atoms with Crippen LogP contribution in [0.5, 0.6) is 0 Å². The Morgan fingerprint density at radius 3 is 2.44 bits per heavy atom. The lowest BCUT2D eigenvalue weighted by atomic mass is 9.94. The third kappa shape index (κ3) is 4.25. The Labute approximate surface area is 111 Å². The molecule has 1 heterocycles. The Morgan fingerprint density at radius 1 is 1.39 bits per heavy atom. The Morgan fingerprint density at radius 2 is 1.94 bits per heavy atom. The number of rotatable bonds is 5. The molecule has 1 aliphatic heterocycles. The lowest BCUT2D eigenvalue weighted by Crippen LogP contribution is -2.43. The van der Waals surface area contributed by atoms with E-state index >= 15 is 0 Å². The van der Waals surface area contributed by atoms with Crippen LogP contribution in [-0.2, 0) is 9.53 Å². The molecule has 0 aliphatic carbocycles. The maximum atomic E-state index is 11.5. The molecule has 0 aromatic heterocycles. The Kier molecular flexibility index (Phi) is 6.09. The Bertz CT molecular complexity index is 263. The van der Waals surface area contributed by atoms with Crippen molar-refractivity contribution in [1.82, 2.24) is 9.80 Å². The van der Waals surface area contributed by atoms with Crippen LogP contribution in [0.4, 0.5) is 0 Å². The maximum Gasteiger partial charge on any atom is 0.309 e. The number of hydrogen-bond donors (Lipinski definition) is 0. The molecule has 0 aromatic rings. The van der Waals surface area contributed by atoms with Crippen molar-refractivity contribution in [2.75, 3.05) is 40.8 Å². The molecule has 1 fully saturated rings. The van der Waals surface area contributed by atoms with Crippen molar-refractivity contribution in [3.8, 4) is 0 Å². The van der Waals surface area contributed by atoms with E-state index in [9.17, 15) is 4.79 Å². The molecule has 1 saturated heterocycles. The summed E-state index contributed by atoms with van der Waals surface area (Å²) < 4.78 is 4.82. The molecule has 0 amide bonds. The van der Waals surface area contributed by atoms with Crippen LogP contribution in [0.15, 0.2) is 0 Å². The highest BCUT2D eigenvalue weighted by molar-refractivity contribution is 5.72. The first-order valence-corrected chi connectivity index (χ1v) is 6.92. The molecule has 4 nitrogen and oxygen atoms in total. The van der Waals surface area contributed by atoms with E-state index in [2.05, 4.69) is 30.8 Å². The van der Waals surface area contributed by atoms with Gasteiger partial charge in [0.25, 0.3) is 0 Å². The van der Waals surface area contributed by atoms with Crippen molar-refractivity contribution < 1.29 is 9.53 Å². The van der Waals surface area contributed by atoms with E-state index in [1.807, 2.05) is 6.92 Å². The minimum absolute atomic E-state index is 0.0636. The van der Waals surface area contributed by atoms with Gasteiger partial charge in [-0.25, -0.2) is 0 Å². The SMILES string of the molecule is COC(=O)C(C)C(C)N(C)CC1CCN(C)CC1. The van der Waals surface area contributed by atoms with Crippen LogP contribution in [0, 0.1) is 11.8 Å². The van der Waals surface area contributed by atoms with E-state index < -0.39 is 0 Å². The van der Waals surface area contributed by atoms with Crippen molar-refractivity contribution in [1.29, 1.82) is 0 Å². The zero-order valence-electron chi connectivity index (χ0n) is 12.5. The van der Waals surface area contributed by atoms with Gasteiger partial charge in [0.2, 0.25) is 0 Å². The second-order valence-corrected chi connectivity index (χ2v) is 5.74. The van der Waals surface area contributed by atoms with E-state index in [-0.39, 0.29) is 17.9 Å². The minimum Gasteiger partial charge on any atom is -0.469 e. The van der Waals surface area contributed by atoms with E-state index in [4.69, 9.17) is 4.74 Å². The fraction of sp³-hybridized carbons (Fsp3) is 0.929. The molecule has 1 rings (SSSR count). The molecule has 0 radical (unpaired) electrons. The average molecular weight is 256 g/mol. The number of ether oxygens (including phenoxy) is 1. The monoisotopic (exact) mass is 256 g/mol. The van der Waals surface area contributed by atoms with Crippen LogP contribution in [-0.4, -0.2) is 62.7 Å². The van der Waals surface area contributed by atoms with E-state index in [0.717, 1.165) is 12.5 Å². The summed E-state index contributed by atoms with van der Waals surface area (Å²) in [7, 11) is 5.76. The number of esters is 1. The quantitative estimate of drug-likeness (QED) is 0.697. The summed E-state index contributed by atoms with van der Waals surface area (Å²) >= 11 is 0. The number of hydrogen-bond acceptors (Lipinski definition) is 4. The lowest BCUT2D eigenvalue weighted by Gasteiger charge is -2.35.